The van der Waals surface area contributed by atoms with Crippen LogP contribution in [-0.2, 0) is 19.6 Å². The second kappa shape index (κ2) is 9.22. The molecule has 0 aliphatic carbocycles. The third-order valence-electron chi connectivity index (χ3n) is 3.98. The third-order valence-corrected chi connectivity index (χ3v) is 7.23. The average molecular weight is 460 g/mol. The van der Waals surface area contributed by atoms with Crippen LogP contribution < -0.4 is 10.9 Å². The van der Waals surface area contributed by atoms with E-state index in [9.17, 15) is 18.0 Å². The molecule has 1 saturated heterocycles. The molecule has 29 heavy (non-hydrogen) atoms. The van der Waals surface area contributed by atoms with Crippen molar-refractivity contribution >= 4 is 45.0 Å². The molecule has 3 rings (SSSR count). The van der Waals surface area contributed by atoms with Gasteiger partial charge in [0.2, 0.25) is 15.9 Å². The number of halogens is 1. The Balaban J connectivity index is 1.69. The van der Waals surface area contributed by atoms with Gasteiger partial charge in [0.25, 0.3) is 5.56 Å². The van der Waals surface area contributed by atoms with Crippen LogP contribution >= 0.6 is 23.4 Å². The lowest BCUT2D eigenvalue weighted by molar-refractivity contribution is -0.113. The Morgan fingerprint density at radius 3 is 2.76 bits per heavy atom. The van der Waals surface area contributed by atoms with E-state index >= 15 is 0 Å². The van der Waals surface area contributed by atoms with Gasteiger partial charge in [-0.1, -0.05) is 23.4 Å². The van der Waals surface area contributed by atoms with Crippen molar-refractivity contribution in [3.8, 4) is 0 Å². The number of anilines is 1. The highest BCUT2D eigenvalue weighted by Gasteiger charge is 2.28. The van der Waals surface area contributed by atoms with Crippen molar-refractivity contribution in [1.29, 1.82) is 0 Å². The molecule has 2 N–H and O–H groups in total. The fraction of sp³-hybridized carbons (Fsp3) is 0.375. The van der Waals surface area contributed by atoms with E-state index in [4.69, 9.17) is 16.3 Å². The molecule has 0 saturated carbocycles. The smallest absolute Gasteiger partial charge is 0.273 e. The first-order chi connectivity index (χ1) is 13.8. The van der Waals surface area contributed by atoms with E-state index in [-0.39, 0.29) is 50.9 Å². The molecule has 13 heteroatoms. The van der Waals surface area contributed by atoms with Crippen LogP contribution in [0.15, 0.2) is 33.0 Å². The van der Waals surface area contributed by atoms with Crippen molar-refractivity contribution in [2.45, 2.75) is 17.0 Å². The van der Waals surface area contributed by atoms with Crippen LogP contribution in [0.25, 0.3) is 0 Å². The molecule has 2 heterocycles. The van der Waals surface area contributed by atoms with E-state index in [1.54, 1.807) is 0 Å². The number of carbonyl (C=O) groups is 1. The van der Waals surface area contributed by atoms with Gasteiger partial charge in [-0.15, -0.1) is 10.2 Å². The Hall–Kier alpha value is -1.99. The summed E-state index contributed by atoms with van der Waals surface area (Å²) in [6.45, 7) is 2.63. The van der Waals surface area contributed by atoms with E-state index < -0.39 is 15.9 Å². The number of sulfonamides is 1. The van der Waals surface area contributed by atoms with Crippen LogP contribution in [0.3, 0.4) is 0 Å². The maximum atomic E-state index is 12.8. The average Bonchev–Trinajstić information content (AvgIpc) is 2.71. The largest absolute Gasteiger partial charge is 0.379 e. The highest BCUT2D eigenvalue weighted by atomic mass is 35.5. The highest BCUT2D eigenvalue weighted by Crippen LogP contribution is 2.28. The van der Waals surface area contributed by atoms with E-state index in [0.717, 1.165) is 11.8 Å². The van der Waals surface area contributed by atoms with Crippen LogP contribution in [-0.4, -0.2) is 65.9 Å². The molecule has 0 spiro atoms. The number of nitrogens with zero attached hydrogens (tertiary/aromatic N) is 3. The molecule has 156 valence electrons. The fourth-order valence-corrected chi connectivity index (χ4v) is 4.99. The van der Waals surface area contributed by atoms with Crippen molar-refractivity contribution < 1.29 is 17.9 Å². The predicted molar refractivity (Wildman–Crippen MR) is 108 cm³/mol. The van der Waals surface area contributed by atoms with Crippen LogP contribution in [0.1, 0.15) is 5.69 Å². The number of H-pyrrole nitrogens is 1. The van der Waals surface area contributed by atoms with Crippen molar-refractivity contribution in [1.82, 2.24) is 19.5 Å². The first-order valence-electron chi connectivity index (χ1n) is 8.51. The van der Waals surface area contributed by atoms with Crippen molar-refractivity contribution in [2.24, 2.45) is 0 Å². The first-order valence-corrected chi connectivity index (χ1v) is 11.3. The molecule has 1 fully saturated rings. The van der Waals surface area contributed by atoms with Gasteiger partial charge in [-0.3, -0.25) is 14.6 Å². The Morgan fingerprint density at radius 2 is 2.07 bits per heavy atom. The van der Waals surface area contributed by atoms with Crippen LogP contribution in [0, 0.1) is 6.92 Å². The zero-order valence-corrected chi connectivity index (χ0v) is 17.7. The SMILES string of the molecule is Cc1nnc(SCC(=O)Nc2ccc(Cl)c(S(=O)(=O)N3CCOCC3)c2)[nH]c1=O. The van der Waals surface area contributed by atoms with Gasteiger partial charge in [0, 0.05) is 18.8 Å². The number of amides is 1. The number of ether oxygens (including phenoxy) is 1. The van der Waals surface area contributed by atoms with E-state index in [2.05, 4.69) is 20.5 Å². The summed E-state index contributed by atoms with van der Waals surface area (Å²) in [5.74, 6) is -0.461. The number of hydrogen-bond acceptors (Lipinski definition) is 8. The van der Waals surface area contributed by atoms with Gasteiger partial charge in [-0.2, -0.15) is 4.31 Å². The molecule has 1 aromatic heterocycles. The number of aryl methyl sites for hydroxylation is 1. The highest BCUT2D eigenvalue weighted by molar-refractivity contribution is 7.99. The number of aromatic amines is 1. The lowest BCUT2D eigenvalue weighted by Gasteiger charge is -2.26. The number of hydrogen-bond donors (Lipinski definition) is 2. The van der Waals surface area contributed by atoms with Crippen LogP contribution in [0.4, 0.5) is 5.69 Å². The lowest BCUT2D eigenvalue weighted by Crippen LogP contribution is -2.40. The second-order valence-corrected chi connectivity index (χ2v) is 9.32. The van der Waals surface area contributed by atoms with Crippen LogP contribution in [0.2, 0.25) is 5.02 Å². The minimum Gasteiger partial charge on any atom is -0.379 e. The Morgan fingerprint density at radius 1 is 1.34 bits per heavy atom. The van der Waals surface area contributed by atoms with Gasteiger partial charge in [-0.25, -0.2) is 8.42 Å². The summed E-state index contributed by atoms with van der Waals surface area (Å²) in [4.78, 5) is 26.1. The summed E-state index contributed by atoms with van der Waals surface area (Å²) >= 11 is 7.10. The molecule has 1 amide bonds. The summed E-state index contributed by atoms with van der Waals surface area (Å²) in [6, 6.07) is 4.25. The van der Waals surface area contributed by atoms with E-state index in [1.165, 1.54) is 29.4 Å². The Labute approximate surface area is 176 Å². The minimum absolute atomic E-state index is 0.0537. The number of aromatic nitrogens is 3. The summed E-state index contributed by atoms with van der Waals surface area (Å²) in [5, 5.41) is 10.4. The van der Waals surface area contributed by atoms with E-state index in [0.29, 0.717) is 13.2 Å². The quantitative estimate of drug-likeness (QED) is 0.608. The predicted octanol–water partition coefficient (Wildman–Crippen LogP) is 0.878. The first kappa shape index (κ1) is 21.7. The fourth-order valence-electron chi connectivity index (χ4n) is 2.48. The lowest BCUT2D eigenvalue weighted by atomic mass is 10.3. The van der Waals surface area contributed by atoms with Gasteiger partial charge in [0.05, 0.1) is 24.0 Å². The van der Waals surface area contributed by atoms with Crippen molar-refractivity contribution in [3.05, 3.63) is 39.3 Å². The molecular weight excluding hydrogens is 442 g/mol. The number of morpholine rings is 1. The topological polar surface area (TPSA) is 134 Å². The standard InChI is InChI=1S/C16H18ClN5O5S2/c1-10-15(24)19-16(21-20-10)28-9-14(23)18-11-2-3-12(17)13(8-11)29(25,26)22-4-6-27-7-5-22/h2-3,8H,4-7,9H2,1H3,(H,18,23)(H,19,21,24). The molecule has 0 unspecified atom stereocenters. The minimum atomic E-state index is -3.81. The summed E-state index contributed by atoms with van der Waals surface area (Å²) in [5.41, 5.74) is 0.142. The van der Waals surface area contributed by atoms with Crippen molar-refractivity contribution in [3.63, 3.8) is 0 Å². The van der Waals surface area contributed by atoms with Crippen LogP contribution in [0.5, 0.6) is 0 Å². The number of thioether (sulfide) groups is 1. The molecule has 0 bridgehead atoms. The normalized spacial score (nSPS) is 15.2. The Kier molecular flexibility index (Phi) is 6.90. The monoisotopic (exact) mass is 459 g/mol. The summed E-state index contributed by atoms with van der Waals surface area (Å²) in [6.07, 6.45) is 0. The number of rotatable bonds is 6. The molecule has 1 aromatic carbocycles. The molecule has 0 radical (unpaired) electrons. The third kappa shape index (κ3) is 5.34. The summed E-state index contributed by atoms with van der Waals surface area (Å²) in [7, 11) is -3.81. The van der Waals surface area contributed by atoms with Crippen molar-refractivity contribution in [2.75, 3.05) is 37.4 Å². The Bertz CT molecular complexity index is 1070. The second-order valence-electron chi connectivity index (χ2n) is 6.04. The maximum Gasteiger partial charge on any atom is 0.273 e. The van der Waals surface area contributed by atoms with E-state index in [1.807, 2.05) is 0 Å². The zero-order chi connectivity index (χ0) is 21.0. The number of benzene rings is 1. The van der Waals surface area contributed by atoms with Gasteiger partial charge >= 0.3 is 0 Å². The number of nitrogens with one attached hydrogen (secondary N) is 2. The van der Waals surface area contributed by atoms with Gasteiger partial charge in [0.15, 0.2) is 5.16 Å². The van der Waals surface area contributed by atoms with Gasteiger partial charge in [-0.05, 0) is 25.1 Å². The molecule has 1 aliphatic heterocycles. The molecule has 10 nitrogen and oxygen atoms in total. The molecule has 1 aliphatic rings. The summed E-state index contributed by atoms with van der Waals surface area (Å²) < 4.78 is 32.2. The maximum absolute atomic E-state index is 12.8. The van der Waals surface area contributed by atoms with Gasteiger partial charge in [0.1, 0.15) is 10.6 Å². The number of carbonyl (C=O) groups excluding carboxylic acids is 1. The zero-order valence-electron chi connectivity index (χ0n) is 15.3. The molecule has 2 aromatic rings. The molecule has 0 atom stereocenters. The van der Waals surface area contributed by atoms with Gasteiger partial charge < -0.3 is 10.1 Å². The molecular formula is C16H18ClN5O5S2.